The van der Waals surface area contributed by atoms with E-state index >= 15 is 0 Å². The van der Waals surface area contributed by atoms with Crippen molar-refractivity contribution in [3.8, 4) is 0 Å². The number of hydrogen-bond donors (Lipinski definition) is 1. The Morgan fingerprint density at radius 3 is 2.35 bits per heavy atom. The Morgan fingerprint density at radius 1 is 0.971 bits per heavy atom. The Labute approximate surface area is 199 Å². The lowest BCUT2D eigenvalue weighted by Gasteiger charge is -2.34. The van der Waals surface area contributed by atoms with Crippen molar-refractivity contribution in [2.45, 2.75) is 31.3 Å². The van der Waals surface area contributed by atoms with Gasteiger partial charge in [-0.1, -0.05) is 42.5 Å². The first-order chi connectivity index (χ1) is 16.3. The molecule has 0 radical (unpaired) electrons. The number of Topliss-reactive ketones (excluding diaryl/α,β-unsaturated/α-hetero) is 1. The summed E-state index contributed by atoms with van der Waals surface area (Å²) in [5.74, 6) is -0.290. The summed E-state index contributed by atoms with van der Waals surface area (Å²) >= 11 is 0. The van der Waals surface area contributed by atoms with E-state index in [2.05, 4.69) is 5.32 Å². The fourth-order valence-corrected chi connectivity index (χ4v) is 5.03. The molecule has 2 aromatic rings. The van der Waals surface area contributed by atoms with Crippen LogP contribution in [0.1, 0.15) is 35.7 Å². The van der Waals surface area contributed by atoms with Crippen molar-refractivity contribution in [3.05, 3.63) is 65.7 Å². The highest BCUT2D eigenvalue weighted by Gasteiger charge is 2.30. The monoisotopic (exact) mass is 487 g/mol. The molecule has 1 heterocycles. The van der Waals surface area contributed by atoms with Gasteiger partial charge in [-0.2, -0.15) is 4.31 Å². The van der Waals surface area contributed by atoms with Crippen LogP contribution in [0.4, 0.5) is 4.79 Å². The molecule has 0 spiro atoms. The molecule has 0 saturated carbocycles. The lowest BCUT2D eigenvalue weighted by molar-refractivity contribution is -0.132. The molecule has 0 aliphatic carbocycles. The largest absolute Gasteiger partial charge is 0.445 e. The van der Waals surface area contributed by atoms with Crippen LogP contribution in [-0.2, 0) is 26.2 Å². The minimum absolute atomic E-state index is 0.0743. The molecule has 3 rings (SSSR count). The number of hydrogen-bond acceptors (Lipinski definition) is 6. The van der Waals surface area contributed by atoms with E-state index in [1.807, 2.05) is 30.3 Å². The maximum atomic E-state index is 12.9. The standard InChI is InChI=1S/C24H29N3O6S/c1-19(28)21-9-5-10-22(17-21)34(31,32)27-15-13-26(14-16-27)23(29)11-6-12-25-24(30)33-18-20-7-3-2-4-8-20/h2-5,7-10,17H,6,11-16,18H2,1H3,(H,25,30). The van der Waals surface area contributed by atoms with E-state index in [4.69, 9.17) is 4.74 Å². The number of rotatable bonds is 9. The van der Waals surface area contributed by atoms with E-state index in [9.17, 15) is 22.8 Å². The summed E-state index contributed by atoms with van der Waals surface area (Å²) in [6.07, 6.45) is 0.158. The zero-order valence-electron chi connectivity index (χ0n) is 19.1. The highest BCUT2D eigenvalue weighted by molar-refractivity contribution is 7.89. The summed E-state index contributed by atoms with van der Waals surface area (Å²) in [7, 11) is -3.74. The van der Waals surface area contributed by atoms with Crippen LogP contribution in [0.2, 0.25) is 0 Å². The number of ether oxygens (including phenoxy) is 1. The van der Waals surface area contributed by atoms with Gasteiger partial charge in [-0.25, -0.2) is 13.2 Å². The molecule has 1 aliphatic rings. The highest BCUT2D eigenvalue weighted by Crippen LogP contribution is 2.19. The third-order valence-electron chi connectivity index (χ3n) is 5.52. The number of alkyl carbamates (subject to hydrolysis) is 1. The molecule has 0 bridgehead atoms. The van der Waals surface area contributed by atoms with Gasteiger partial charge in [0.25, 0.3) is 0 Å². The third-order valence-corrected chi connectivity index (χ3v) is 7.41. The third kappa shape index (κ3) is 6.88. The van der Waals surface area contributed by atoms with Gasteiger partial charge < -0.3 is 15.0 Å². The van der Waals surface area contributed by atoms with Crippen LogP contribution >= 0.6 is 0 Å². The van der Waals surface area contributed by atoms with Crippen molar-refractivity contribution < 1.29 is 27.5 Å². The van der Waals surface area contributed by atoms with Gasteiger partial charge in [-0.15, -0.1) is 0 Å². The summed E-state index contributed by atoms with van der Waals surface area (Å²) < 4.78 is 32.3. The minimum atomic E-state index is -3.74. The first-order valence-corrected chi connectivity index (χ1v) is 12.5. The average Bonchev–Trinajstić information content (AvgIpc) is 2.86. The number of carbonyl (C=O) groups excluding carboxylic acids is 3. The number of benzene rings is 2. The van der Waals surface area contributed by atoms with Crippen molar-refractivity contribution in [2.24, 2.45) is 0 Å². The average molecular weight is 488 g/mol. The van der Waals surface area contributed by atoms with Crippen LogP contribution in [0.5, 0.6) is 0 Å². The molecule has 0 aromatic heterocycles. The normalized spacial score (nSPS) is 14.4. The first-order valence-electron chi connectivity index (χ1n) is 11.1. The van der Waals surface area contributed by atoms with E-state index in [0.29, 0.717) is 18.5 Å². The van der Waals surface area contributed by atoms with Crippen molar-refractivity contribution in [2.75, 3.05) is 32.7 Å². The maximum Gasteiger partial charge on any atom is 0.407 e. The SMILES string of the molecule is CC(=O)c1cccc(S(=O)(=O)N2CCN(C(=O)CCCNC(=O)OCc3ccccc3)CC2)c1. The van der Waals surface area contributed by atoms with E-state index < -0.39 is 16.1 Å². The number of nitrogens with one attached hydrogen (secondary N) is 1. The number of ketones is 1. The predicted molar refractivity (Wildman–Crippen MR) is 126 cm³/mol. The van der Waals surface area contributed by atoms with E-state index in [1.165, 1.54) is 23.4 Å². The number of nitrogens with zero attached hydrogens (tertiary/aromatic N) is 2. The molecule has 0 unspecified atom stereocenters. The Morgan fingerprint density at radius 2 is 1.68 bits per heavy atom. The number of amides is 2. The predicted octanol–water partition coefficient (Wildman–Crippen LogP) is 2.43. The van der Waals surface area contributed by atoms with Crippen molar-refractivity contribution in [1.82, 2.24) is 14.5 Å². The van der Waals surface area contributed by atoms with Crippen molar-refractivity contribution >= 4 is 27.8 Å². The van der Waals surface area contributed by atoms with Gasteiger partial charge in [0.1, 0.15) is 6.61 Å². The Balaban J connectivity index is 1.38. The molecule has 34 heavy (non-hydrogen) atoms. The van der Waals surface area contributed by atoms with Gasteiger partial charge in [-0.3, -0.25) is 9.59 Å². The Hall–Kier alpha value is -3.24. The molecule has 10 heteroatoms. The minimum Gasteiger partial charge on any atom is -0.445 e. The van der Waals surface area contributed by atoms with Gasteiger partial charge >= 0.3 is 6.09 Å². The van der Waals surface area contributed by atoms with Crippen LogP contribution in [0.25, 0.3) is 0 Å². The number of piperazine rings is 1. The molecular weight excluding hydrogens is 458 g/mol. The second kappa shape index (κ2) is 11.8. The summed E-state index contributed by atoms with van der Waals surface area (Å²) in [5.41, 5.74) is 1.23. The lowest BCUT2D eigenvalue weighted by atomic mass is 10.2. The van der Waals surface area contributed by atoms with E-state index in [1.54, 1.807) is 17.0 Å². The lowest BCUT2D eigenvalue weighted by Crippen LogP contribution is -2.50. The molecule has 2 amide bonds. The van der Waals surface area contributed by atoms with Crippen LogP contribution in [0, 0.1) is 0 Å². The van der Waals surface area contributed by atoms with E-state index in [-0.39, 0.29) is 55.8 Å². The van der Waals surface area contributed by atoms with Crippen LogP contribution in [-0.4, -0.2) is 68.1 Å². The van der Waals surface area contributed by atoms with Gasteiger partial charge in [-0.05, 0) is 31.0 Å². The highest BCUT2D eigenvalue weighted by atomic mass is 32.2. The quantitative estimate of drug-likeness (QED) is 0.429. The fourth-order valence-electron chi connectivity index (χ4n) is 3.56. The van der Waals surface area contributed by atoms with Crippen molar-refractivity contribution in [1.29, 1.82) is 0 Å². The van der Waals surface area contributed by atoms with Gasteiger partial charge in [0.2, 0.25) is 15.9 Å². The van der Waals surface area contributed by atoms with Crippen molar-refractivity contribution in [3.63, 3.8) is 0 Å². The van der Waals surface area contributed by atoms with Crippen LogP contribution in [0.3, 0.4) is 0 Å². The number of sulfonamides is 1. The molecule has 2 aromatic carbocycles. The molecule has 9 nitrogen and oxygen atoms in total. The van der Waals surface area contributed by atoms with Gasteiger partial charge in [0.05, 0.1) is 4.90 Å². The number of carbonyl (C=O) groups is 3. The molecule has 0 atom stereocenters. The zero-order valence-corrected chi connectivity index (χ0v) is 19.9. The fraction of sp³-hybridized carbons (Fsp3) is 0.375. The van der Waals surface area contributed by atoms with Gasteiger partial charge in [0.15, 0.2) is 5.78 Å². The molecule has 182 valence electrons. The van der Waals surface area contributed by atoms with Gasteiger partial charge in [0, 0.05) is 44.7 Å². The topological polar surface area (TPSA) is 113 Å². The smallest absolute Gasteiger partial charge is 0.407 e. The zero-order chi connectivity index (χ0) is 24.6. The summed E-state index contributed by atoms with van der Waals surface area (Å²) in [6.45, 7) is 2.82. The van der Waals surface area contributed by atoms with Crippen LogP contribution < -0.4 is 5.32 Å². The second-order valence-electron chi connectivity index (χ2n) is 7.96. The Kier molecular flexibility index (Phi) is 8.78. The summed E-state index contributed by atoms with van der Waals surface area (Å²) in [5, 5.41) is 2.63. The van der Waals surface area contributed by atoms with Crippen LogP contribution in [0.15, 0.2) is 59.5 Å². The molecular formula is C24H29N3O6S. The summed E-state index contributed by atoms with van der Waals surface area (Å²) in [6, 6.07) is 15.3. The molecule has 1 N–H and O–H groups in total. The summed E-state index contributed by atoms with van der Waals surface area (Å²) in [4.78, 5) is 37.5. The second-order valence-corrected chi connectivity index (χ2v) is 9.90. The molecule has 1 saturated heterocycles. The first kappa shape index (κ1) is 25.4. The van der Waals surface area contributed by atoms with E-state index in [0.717, 1.165) is 5.56 Å². The molecule has 1 fully saturated rings. The maximum absolute atomic E-state index is 12.9. The Bertz CT molecular complexity index is 1110. The molecule has 1 aliphatic heterocycles.